The Hall–Kier alpha value is -6.48. The minimum atomic E-state index is -0.880. The molecule has 4 atom stereocenters. The number of nitrogens with one attached hydrogen (secondary N) is 4. The lowest BCUT2D eigenvalue weighted by Crippen LogP contribution is -2.51. The molecule has 6 aromatic rings. The molecule has 0 unspecified atom stereocenters. The van der Waals surface area contributed by atoms with Crippen LogP contribution in [-0.2, 0) is 19.1 Å². The molecule has 0 radical (unpaired) electrons. The molecule has 0 saturated carbocycles. The molecule has 5 heterocycles. The molecule has 0 aliphatic carbocycles. The quantitative estimate of drug-likeness (QED) is 0.101. The highest BCUT2D eigenvalue weighted by Gasteiger charge is 2.39. The summed E-state index contributed by atoms with van der Waals surface area (Å²) >= 11 is 1.72. The predicted molar refractivity (Wildman–Crippen MR) is 229 cm³/mol. The van der Waals surface area contributed by atoms with Gasteiger partial charge in [-0.25, -0.2) is 19.6 Å². The van der Waals surface area contributed by atoms with Crippen LogP contribution in [0.25, 0.3) is 43.0 Å². The predicted octanol–water partition coefficient (Wildman–Crippen LogP) is 8.15. The van der Waals surface area contributed by atoms with Crippen molar-refractivity contribution >= 4 is 45.4 Å². The minimum absolute atomic E-state index is 0.108. The summed E-state index contributed by atoms with van der Waals surface area (Å²) in [6.45, 7) is 4.96. The van der Waals surface area contributed by atoms with Crippen LogP contribution in [0, 0.1) is 5.92 Å². The SMILES string of the molecule is COC(=O)N[C@H](C(=O)N1CCC[C@H]1c1ncc(-c2ccc3cc(-c4ccc(-c5cnc([C@@H]6CCCN6C(=O)[C@H](NC(=O)OC)c6ccccc6)[nH]5)cc4)sc3c2)[nH]1)C(C)C. The lowest BCUT2D eigenvalue weighted by molar-refractivity contribution is -0.135. The van der Waals surface area contributed by atoms with Crippen molar-refractivity contribution in [2.45, 2.75) is 63.7 Å². The number of nitrogens with zero attached hydrogens (tertiary/aromatic N) is 4. The van der Waals surface area contributed by atoms with Crippen molar-refractivity contribution in [2.24, 2.45) is 5.92 Å². The zero-order chi connectivity index (χ0) is 41.9. The summed E-state index contributed by atoms with van der Waals surface area (Å²) in [5, 5.41) is 6.56. The van der Waals surface area contributed by atoms with E-state index in [4.69, 9.17) is 19.4 Å². The average Bonchev–Trinajstić information content (AvgIpc) is 4.13. The Balaban J connectivity index is 0.951. The van der Waals surface area contributed by atoms with Gasteiger partial charge in [0.25, 0.3) is 5.91 Å². The van der Waals surface area contributed by atoms with E-state index in [1.165, 1.54) is 14.2 Å². The number of ether oxygens (including phenoxy) is 2. The molecule has 0 bridgehead atoms. The standard InChI is InChI=1S/C45H48N8O6S/c1-26(2)38(50-44(56)58-3)42(54)52-20-8-12-34(52)41-47-25-33(49-41)30-18-19-31-23-36(60-37(31)22-30)28-16-14-27(15-17-28)32-24-46-40(48-32)35-13-9-21-53(35)43(55)39(51-45(57)59-4)29-10-6-5-7-11-29/h5-7,10-11,14-19,22-26,34-35,38-39H,8-9,12-13,20-21H2,1-4H3,(H,46,48)(H,47,49)(H,50,56)(H,51,57)/t34-,35-,38-,39+/m0/s1. The lowest BCUT2D eigenvalue weighted by atomic mass is 10.0. The van der Waals surface area contributed by atoms with Crippen LogP contribution in [0.1, 0.15) is 74.9 Å². The highest BCUT2D eigenvalue weighted by atomic mass is 32.1. The molecule has 2 fully saturated rings. The summed E-state index contributed by atoms with van der Waals surface area (Å²) in [6.07, 6.45) is 5.54. The second kappa shape index (κ2) is 17.4. The van der Waals surface area contributed by atoms with Gasteiger partial charge in [0.1, 0.15) is 23.7 Å². The van der Waals surface area contributed by atoms with Gasteiger partial charge in [-0.3, -0.25) is 9.59 Å². The number of fused-ring (bicyclic) bond motifs is 1. The van der Waals surface area contributed by atoms with Crippen molar-refractivity contribution in [1.29, 1.82) is 0 Å². The monoisotopic (exact) mass is 828 g/mol. The smallest absolute Gasteiger partial charge is 0.407 e. The first-order valence-corrected chi connectivity index (χ1v) is 21.0. The summed E-state index contributed by atoms with van der Waals surface area (Å²) in [4.78, 5) is 72.9. The zero-order valence-electron chi connectivity index (χ0n) is 33.9. The summed E-state index contributed by atoms with van der Waals surface area (Å²) < 4.78 is 10.7. The van der Waals surface area contributed by atoms with E-state index in [0.717, 1.165) is 74.5 Å². The molecule has 310 valence electrons. The maximum atomic E-state index is 13.9. The number of hydrogen-bond donors (Lipinski definition) is 4. The molecule has 60 heavy (non-hydrogen) atoms. The summed E-state index contributed by atoms with van der Waals surface area (Å²) in [6, 6.07) is 24.1. The van der Waals surface area contributed by atoms with E-state index < -0.39 is 24.3 Å². The van der Waals surface area contributed by atoms with Crippen LogP contribution in [0.2, 0.25) is 0 Å². The normalized spacial score (nSPS) is 17.5. The number of benzene rings is 3. The van der Waals surface area contributed by atoms with Crippen LogP contribution in [-0.4, -0.2) is 87.1 Å². The molecule has 8 rings (SSSR count). The molecule has 4 amide bonds. The van der Waals surface area contributed by atoms with E-state index in [2.05, 4.69) is 69.1 Å². The number of amides is 4. The minimum Gasteiger partial charge on any atom is -0.453 e. The number of aromatic nitrogens is 4. The van der Waals surface area contributed by atoms with Crippen molar-refractivity contribution < 1.29 is 28.7 Å². The van der Waals surface area contributed by atoms with Gasteiger partial charge in [0, 0.05) is 28.2 Å². The Kier molecular flexibility index (Phi) is 11.7. The van der Waals surface area contributed by atoms with Crippen molar-refractivity contribution in [3.63, 3.8) is 0 Å². The summed E-state index contributed by atoms with van der Waals surface area (Å²) in [7, 11) is 2.57. The van der Waals surface area contributed by atoms with Gasteiger partial charge in [-0.15, -0.1) is 11.3 Å². The third-order valence-electron chi connectivity index (χ3n) is 11.4. The van der Waals surface area contributed by atoms with Gasteiger partial charge in [-0.2, -0.15) is 0 Å². The molecule has 14 nitrogen and oxygen atoms in total. The maximum absolute atomic E-state index is 13.9. The molecule has 2 saturated heterocycles. The van der Waals surface area contributed by atoms with E-state index in [1.807, 2.05) is 55.3 Å². The number of methoxy groups -OCH3 is 2. The highest BCUT2D eigenvalue weighted by Crippen LogP contribution is 2.39. The Morgan fingerprint density at radius 3 is 1.90 bits per heavy atom. The van der Waals surface area contributed by atoms with Crippen molar-refractivity contribution in [2.75, 3.05) is 27.3 Å². The highest BCUT2D eigenvalue weighted by molar-refractivity contribution is 7.22. The van der Waals surface area contributed by atoms with Crippen LogP contribution in [0.3, 0.4) is 0 Å². The Morgan fingerprint density at radius 2 is 1.28 bits per heavy atom. The fourth-order valence-corrected chi connectivity index (χ4v) is 9.35. The number of carbonyl (C=O) groups excluding carboxylic acids is 4. The molecular formula is C45H48N8O6S. The van der Waals surface area contributed by atoms with Gasteiger partial charge in [0.15, 0.2) is 0 Å². The van der Waals surface area contributed by atoms with E-state index in [1.54, 1.807) is 22.4 Å². The van der Waals surface area contributed by atoms with E-state index >= 15 is 0 Å². The van der Waals surface area contributed by atoms with Crippen molar-refractivity contribution in [3.8, 4) is 33.0 Å². The van der Waals surface area contributed by atoms with Gasteiger partial charge in [-0.05, 0) is 65.8 Å². The summed E-state index contributed by atoms with van der Waals surface area (Å²) in [5.41, 5.74) is 5.47. The van der Waals surface area contributed by atoms with Crippen LogP contribution in [0.15, 0.2) is 91.3 Å². The maximum Gasteiger partial charge on any atom is 0.407 e. The Labute approximate surface area is 351 Å². The third-order valence-corrected chi connectivity index (χ3v) is 12.6. The van der Waals surface area contributed by atoms with E-state index in [-0.39, 0.29) is 29.8 Å². The van der Waals surface area contributed by atoms with Gasteiger partial charge in [0.2, 0.25) is 5.91 Å². The molecule has 2 aliphatic heterocycles. The van der Waals surface area contributed by atoms with Crippen molar-refractivity contribution in [3.05, 3.63) is 108 Å². The first-order chi connectivity index (χ1) is 29.1. The number of imidazole rings is 2. The lowest BCUT2D eigenvalue weighted by Gasteiger charge is -2.30. The summed E-state index contributed by atoms with van der Waals surface area (Å²) in [5.74, 6) is 0.975. The van der Waals surface area contributed by atoms with Crippen LogP contribution in [0.4, 0.5) is 9.59 Å². The molecule has 2 aliphatic rings. The number of thiophene rings is 1. The molecule has 15 heteroatoms. The Morgan fingerprint density at radius 1 is 0.717 bits per heavy atom. The van der Waals surface area contributed by atoms with Gasteiger partial charge in [0.05, 0.1) is 50.1 Å². The third kappa shape index (κ3) is 8.21. The second-order valence-corrected chi connectivity index (χ2v) is 16.6. The largest absolute Gasteiger partial charge is 0.453 e. The first kappa shape index (κ1) is 40.3. The molecular weight excluding hydrogens is 781 g/mol. The van der Waals surface area contributed by atoms with E-state index in [0.29, 0.717) is 24.5 Å². The average molecular weight is 829 g/mol. The van der Waals surface area contributed by atoms with Crippen LogP contribution >= 0.6 is 11.3 Å². The van der Waals surface area contributed by atoms with Gasteiger partial charge in [-0.1, -0.05) is 80.6 Å². The number of likely N-dealkylation sites (tertiary alicyclic amines) is 2. The molecule has 3 aromatic carbocycles. The molecule has 0 spiro atoms. The van der Waals surface area contributed by atoms with E-state index in [9.17, 15) is 19.2 Å². The van der Waals surface area contributed by atoms with Gasteiger partial charge >= 0.3 is 12.2 Å². The number of H-pyrrole nitrogens is 2. The molecule has 4 N–H and O–H groups in total. The zero-order valence-corrected chi connectivity index (χ0v) is 34.8. The fourth-order valence-electron chi connectivity index (χ4n) is 8.24. The number of alkyl carbamates (subject to hydrolysis) is 2. The number of rotatable bonds is 11. The fraction of sp³-hybridized carbons (Fsp3) is 0.333. The van der Waals surface area contributed by atoms with Gasteiger partial charge < -0.3 is 39.9 Å². The topological polar surface area (TPSA) is 175 Å². The Bertz CT molecular complexity index is 2500. The second-order valence-electron chi connectivity index (χ2n) is 15.5. The number of hydrogen-bond acceptors (Lipinski definition) is 9. The van der Waals surface area contributed by atoms with Crippen LogP contribution < -0.4 is 10.6 Å². The first-order valence-electron chi connectivity index (χ1n) is 20.2. The van der Waals surface area contributed by atoms with Crippen molar-refractivity contribution in [1.82, 2.24) is 40.4 Å². The number of carbonyl (C=O) groups is 4. The number of aromatic amines is 2. The van der Waals surface area contributed by atoms with Crippen LogP contribution in [0.5, 0.6) is 0 Å². The molecule has 3 aromatic heterocycles.